The summed E-state index contributed by atoms with van der Waals surface area (Å²) in [4.78, 5) is 14.0. The van der Waals surface area contributed by atoms with Gasteiger partial charge in [0.25, 0.3) is 0 Å². The van der Waals surface area contributed by atoms with E-state index in [2.05, 4.69) is 32.4 Å². The summed E-state index contributed by atoms with van der Waals surface area (Å²) in [6.07, 6.45) is 6.12. The van der Waals surface area contributed by atoms with Crippen LogP contribution in [0.4, 0.5) is 5.13 Å². The predicted octanol–water partition coefficient (Wildman–Crippen LogP) is 3.21. The van der Waals surface area contributed by atoms with Gasteiger partial charge in [0.1, 0.15) is 0 Å². The van der Waals surface area contributed by atoms with Gasteiger partial charge in [-0.05, 0) is 31.6 Å². The molecule has 0 aromatic carbocycles. The Morgan fingerprint density at radius 3 is 2.67 bits per heavy atom. The van der Waals surface area contributed by atoms with Crippen LogP contribution in [0, 0.1) is 5.92 Å². The maximum Gasteiger partial charge on any atom is 0.193 e. The number of thiazole rings is 1. The van der Waals surface area contributed by atoms with Crippen molar-refractivity contribution in [1.29, 1.82) is 0 Å². The SMILES string of the molecule is CN=C(NCCc1csc(N2CCCC2)n1)N1CCC(C)CC1.I. The van der Waals surface area contributed by atoms with Gasteiger partial charge in [-0.15, -0.1) is 35.3 Å². The van der Waals surface area contributed by atoms with Crippen LogP contribution in [0.25, 0.3) is 0 Å². The third-order valence-corrected chi connectivity index (χ3v) is 5.83. The number of halogens is 1. The highest BCUT2D eigenvalue weighted by Crippen LogP contribution is 2.24. The van der Waals surface area contributed by atoms with Gasteiger partial charge in [0.2, 0.25) is 0 Å². The lowest BCUT2D eigenvalue weighted by Crippen LogP contribution is -2.45. The summed E-state index contributed by atoms with van der Waals surface area (Å²) < 4.78 is 0. The molecule has 3 rings (SSSR count). The van der Waals surface area contributed by atoms with Crippen LogP contribution in [-0.4, -0.2) is 55.6 Å². The maximum absolute atomic E-state index is 4.79. The summed E-state index contributed by atoms with van der Waals surface area (Å²) in [6.45, 7) is 7.83. The van der Waals surface area contributed by atoms with Crippen molar-refractivity contribution in [2.75, 3.05) is 44.7 Å². The van der Waals surface area contributed by atoms with Gasteiger partial charge < -0.3 is 15.1 Å². The van der Waals surface area contributed by atoms with E-state index in [-0.39, 0.29) is 24.0 Å². The molecule has 0 saturated carbocycles. The highest BCUT2D eigenvalue weighted by Gasteiger charge is 2.19. The van der Waals surface area contributed by atoms with Gasteiger partial charge in [-0.3, -0.25) is 4.99 Å². The molecule has 1 N–H and O–H groups in total. The molecule has 2 fully saturated rings. The number of nitrogens with zero attached hydrogens (tertiary/aromatic N) is 4. The van der Waals surface area contributed by atoms with Gasteiger partial charge in [0.15, 0.2) is 11.1 Å². The first kappa shape index (κ1) is 19.8. The smallest absolute Gasteiger partial charge is 0.193 e. The molecule has 0 bridgehead atoms. The largest absolute Gasteiger partial charge is 0.356 e. The number of aliphatic imine (C=N–C) groups is 1. The normalized spacial score (nSPS) is 19.5. The molecule has 0 aliphatic carbocycles. The fraction of sp³-hybridized carbons (Fsp3) is 0.765. The maximum atomic E-state index is 4.79. The number of anilines is 1. The van der Waals surface area contributed by atoms with Crippen molar-refractivity contribution in [1.82, 2.24) is 15.2 Å². The van der Waals surface area contributed by atoms with Gasteiger partial charge in [0, 0.05) is 51.6 Å². The highest BCUT2D eigenvalue weighted by atomic mass is 127. The van der Waals surface area contributed by atoms with Crippen LogP contribution < -0.4 is 10.2 Å². The van der Waals surface area contributed by atoms with Crippen LogP contribution in [0.1, 0.15) is 38.3 Å². The third kappa shape index (κ3) is 5.21. The van der Waals surface area contributed by atoms with Crippen LogP contribution in [0.15, 0.2) is 10.4 Å². The van der Waals surface area contributed by atoms with Crippen molar-refractivity contribution in [2.24, 2.45) is 10.9 Å². The number of hydrogen-bond donors (Lipinski definition) is 1. The van der Waals surface area contributed by atoms with E-state index in [0.29, 0.717) is 0 Å². The number of nitrogens with one attached hydrogen (secondary N) is 1. The van der Waals surface area contributed by atoms with Gasteiger partial charge in [-0.25, -0.2) is 4.98 Å². The van der Waals surface area contributed by atoms with Crippen molar-refractivity contribution < 1.29 is 0 Å². The summed E-state index contributed by atoms with van der Waals surface area (Å²) in [7, 11) is 1.88. The molecule has 2 saturated heterocycles. The van der Waals surface area contributed by atoms with Crippen LogP contribution in [0.5, 0.6) is 0 Å². The lowest BCUT2D eigenvalue weighted by atomic mass is 10.00. The third-order valence-electron chi connectivity index (χ3n) is 4.88. The Kier molecular flexibility index (Phi) is 8.06. The number of guanidine groups is 1. The molecule has 2 aliphatic heterocycles. The van der Waals surface area contributed by atoms with E-state index >= 15 is 0 Å². The number of piperidine rings is 1. The molecule has 7 heteroatoms. The van der Waals surface area contributed by atoms with E-state index < -0.39 is 0 Å². The predicted molar refractivity (Wildman–Crippen MR) is 114 cm³/mol. The topological polar surface area (TPSA) is 43.8 Å². The first-order valence-corrected chi connectivity index (χ1v) is 9.79. The minimum Gasteiger partial charge on any atom is -0.356 e. The van der Waals surface area contributed by atoms with Crippen molar-refractivity contribution in [3.05, 3.63) is 11.1 Å². The molecule has 0 amide bonds. The first-order valence-electron chi connectivity index (χ1n) is 8.91. The monoisotopic (exact) mass is 463 g/mol. The van der Waals surface area contributed by atoms with E-state index in [1.54, 1.807) is 11.3 Å². The Morgan fingerprint density at radius 2 is 2.00 bits per heavy atom. The van der Waals surface area contributed by atoms with E-state index in [0.717, 1.165) is 37.9 Å². The van der Waals surface area contributed by atoms with E-state index in [9.17, 15) is 0 Å². The first-order chi connectivity index (χ1) is 11.3. The second-order valence-electron chi connectivity index (χ2n) is 6.71. The summed E-state index contributed by atoms with van der Waals surface area (Å²) in [5.74, 6) is 1.90. The van der Waals surface area contributed by atoms with E-state index in [1.165, 1.54) is 49.6 Å². The Balaban J connectivity index is 0.00000208. The van der Waals surface area contributed by atoms with E-state index in [1.807, 2.05) is 7.05 Å². The zero-order valence-corrected chi connectivity index (χ0v) is 18.0. The average molecular weight is 463 g/mol. The Morgan fingerprint density at radius 1 is 1.29 bits per heavy atom. The number of rotatable bonds is 4. The quantitative estimate of drug-likeness (QED) is 0.423. The fourth-order valence-electron chi connectivity index (χ4n) is 3.32. The second-order valence-corrected chi connectivity index (χ2v) is 7.55. The Hall–Kier alpha value is -0.570. The van der Waals surface area contributed by atoms with Crippen molar-refractivity contribution in [2.45, 2.75) is 39.0 Å². The molecular formula is C17H30IN5S. The van der Waals surface area contributed by atoms with Crippen LogP contribution in [-0.2, 0) is 6.42 Å². The van der Waals surface area contributed by atoms with Gasteiger partial charge >= 0.3 is 0 Å². The Labute approximate surface area is 166 Å². The number of likely N-dealkylation sites (tertiary alicyclic amines) is 1. The molecule has 1 aromatic heterocycles. The minimum atomic E-state index is 0. The summed E-state index contributed by atoms with van der Waals surface area (Å²) in [6, 6.07) is 0. The minimum absolute atomic E-state index is 0. The fourth-order valence-corrected chi connectivity index (χ4v) is 4.23. The Bertz CT molecular complexity index is 519. The summed E-state index contributed by atoms with van der Waals surface area (Å²) in [5.41, 5.74) is 1.20. The molecule has 2 aliphatic rings. The molecule has 0 unspecified atom stereocenters. The van der Waals surface area contributed by atoms with Gasteiger partial charge in [0.05, 0.1) is 5.69 Å². The molecule has 0 atom stereocenters. The van der Waals surface area contributed by atoms with Crippen molar-refractivity contribution in [3.63, 3.8) is 0 Å². The molecule has 24 heavy (non-hydrogen) atoms. The molecule has 0 spiro atoms. The van der Waals surface area contributed by atoms with Crippen molar-refractivity contribution in [3.8, 4) is 0 Å². The zero-order valence-electron chi connectivity index (χ0n) is 14.8. The van der Waals surface area contributed by atoms with Crippen molar-refractivity contribution >= 4 is 46.4 Å². The second kappa shape index (κ2) is 9.79. The summed E-state index contributed by atoms with van der Waals surface area (Å²) >= 11 is 1.79. The zero-order chi connectivity index (χ0) is 16.1. The van der Waals surface area contributed by atoms with Crippen LogP contribution in [0.3, 0.4) is 0 Å². The summed E-state index contributed by atoms with van der Waals surface area (Å²) in [5, 5.41) is 6.92. The molecule has 0 radical (unpaired) electrons. The molecular weight excluding hydrogens is 433 g/mol. The average Bonchev–Trinajstić information content (AvgIpc) is 3.24. The lowest BCUT2D eigenvalue weighted by Gasteiger charge is -2.32. The van der Waals surface area contributed by atoms with Gasteiger partial charge in [-0.1, -0.05) is 6.92 Å². The van der Waals surface area contributed by atoms with Crippen LogP contribution >= 0.6 is 35.3 Å². The standard InChI is InChI=1S/C17H29N5S.HI/c1-14-6-11-21(12-7-14)16(18-2)19-8-5-15-13-23-17(20-15)22-9-3-4-10-22;/h13-14H,3-12H2,1-2H3,(H,18,19);1H. The van der Waals surface area contributed by atoms with Crippen LogP contribution in [0.2, 0.25) is 0 Å². The lowest BCUT2D eigenvalue weighted by molar-refractivity contribution is 0.273. The molecule has 5 nitrogen and oxygen atoms in total. The van der Waals surface area contributed by atoms with E-state index in [4.69, 9.17) is 4.98 Å². The molecule has 1 aromatic rings. The van der Waals surface area contributed by atoms with Gasteiger partial charge in [-0.2, -0.15) is 0 Å². The number of hydrogen-bond acceptors (Lipinski definition) is 4. The number of aromatic nitrogens is 1. The molecule has 136 valence electrons. The molecule has 3 heterocycles. The highest BCUT2D eigenvalue weighted by molar-refractivity contribution is 14.0.